The van der Waals surface area contributed by atoms with Gasteiger partial charge in [0.05, 0.1) is 13.7 Å². The lowest BCUT2D eigenvalue weighted by Gasteiger charge is -2.08. The van der Waals surface area contributed by atoms with Gasteiger partial charge in [-0.05, 0) is 19.1 Å². The largest absolute Gasteiger partial charge is 0.496 e. The molecule has 5 nitrogen and oxygen atoms in total. The summed E-state index contributed by atoms with van der Waals surface area (Å²) in [5.74, 6) is 2.31. The molecule has 2 N–H and O–H groups in total. The summed E-state index contributed by atoms with van der Waals surface area (Å²) in [5, 5.41) is 4.02. The molecule has 19 heavy (non-hydrogen) atoms. The molecule has 0 radical (unpaired) electrons. The van der Waals surface area contributed by atoms with E-state index in [1.54, 1.807) is 7.11 Å². The zero-order valence-corrected chi connectivity index (χ0v) is 11.0. The van der Waals surface area contributed by atoms with Crippen LogP contribution >= 0.6 is 0 Å². The van der Waals surface area contributed by atoms with E-state index in [1.807, 2.05) is 18.2 Å². The minimum absolute atomic E-state index is 0.201. The van der Waals surface area contributed by atoms with Crippen LogP contribution in [0.5, 0.6) is 11.5 Å². The van der Waals surface area contributed by atoms with Gasteiger partial charge in [0.25, 0.3) is 0 Å². The van der Waals surface area contributed by atoms with Crippen molar-refractivity contribution in [2.24, 2.45) is 5.73 Å². The molecule has 0 amide bonds. The van der Waals surface area contributed by atoms with Gasteiger partial charge in [-0.25, -0.2) is 0 Å². The Balaban J connectivity index is 2.07. The molecule has 100 valence electrons. The second kappa shape index (κ2) is 4.59. The minimum atomic E-state index is 0.201. The Morgan fingerprint density at radius 1 is 1.42 bits per heavy atom. The Labute approximate surface area is 111 Å². The van der Waals surface area contributed by atoms with Crippen molar-refractivity contribution in [1.82, 2.24) is 5.16 Å². The van der Waals surface area contributed by atoms with Crippen LogP contribution in [-0.4, -0.2) is 18.4 Å². The van der Waals surface area contributed by atoms with Crippen LogP contribution in [0.15, 0.2) is 22.7 Å². The van der Waals surface area contributed by atoms with Crippen molar-refractivity contribution >= 4 is 0 Å². The maximum atomic E-state index is 5.76. The van der Waals surface area contributed by atoms with Gasteiger partial charge in [-0.2, -0.15) is 0 Å². The summed E-state index contributed by atoms with van der Waals surface area (Å²) >= 11 is 0. The Morgan fingerprint density at radius 3 is 2.95 bits per heavy atom. The molecule has 1 atom stereocenters. The molecule has 2 heterocycles. The average Bonchev–Trinajstić information content (AvgIpc) is 3.01. The summed E-state index contributed by atoms with van der Waals surface area (Å²) < 4.78 is 16.3. The molecule has 0 saturated heterocycles. The second-order valence-electron chi connectivity index (χ2n) is 4.68. The van der Waals surface area contributed by atoms with Crippen molar-refractivity contribution in [3.8, 4) is 22.8 Å². The number of ether oxygens (including phenoxy) is 2. The van der Waals surface area contributed by atoms with Gasteiger partial charge >= 0.3 is 0 Å². The molecule has 0 aliphatic carbocycles. The fourth-order valence-electron chi connectivity index (χ4n) is 2.34. The molecule has 1 unspecified atom stereocenters. The lowest BCUT2D eigenvalue weighted by molar-refractivity contribution is 0.254. The normalized spacial score (nSPS) is 17.1. The average molecular weight is 260 g/mol. The van der Waals surface area contributed by atoms with Crippen molar-refractivity contribution in [2.45, 2.75) is 26.0 Å². The summed E-state index contributed by atoms with van der Waals surface area (Å²) in [4.78, 5) is 0. The summed E-state index contributed by atoms with van der Waals surface area (Å²) in [6.07, 6.45) is 1.10. The monoisotopic (exact) mass is 260 g/mol. The smallest absolute Gasteiger partial charge is 0.150 e. The molecule has 0 fully saturated rings. The number of fused-ring (bicyclic) bond motifs is 1. The van der Waals surface area contributed by atoms with Crippen molar-refractivity contribution in [1.29, 1.82) is 0 Å². The first kappa shape index (κ1) is 12.0. The summed E-state index contributed by atoms with van der Waals surface area (Å²) in [6, 6.07) is 5.78. The summed E-state index contributed by atoms with van der Waals surface area (Å²) in [6.45, 7) is 2.38. The SMILES string of the molecule is COc1cc2c(cc1-c1cc(CN)on1)OC(C)C2. The first-order valence-corrected chi connectivity index (χ1v) is 6.25. The molecule has 0 spiro atoms. The molecular weight excluding hydrogens is 244 g/mol. The third kappa shape index (κ3) is 2.06. The van der Waals surface area contributed by atoms with Gasteiger partial charge in [-0.3, -0.25) is 0 Å². The van der Waals surface area contributed by atoms with Crippen molar-refractivity contribution in [3.63, 3.8) is 0 Å². The quantitative estimate of drug-likeness (QED) is 0.915. The van der Waals surface area contributed by atoms with Crippen molar-refractivity contribution < 1.29 is 14.0 Å². The van der Waals surface area contributed by atoms with E-state index in [9.17, 15) is 0 Å². The standard InChI is InChI=1S/C14H16N2O3/c1-8-3-9-4-14(17-2)11(6-13(9)18-8)12-5-10(7-15)19-16-12/h4-6,8H,3,7,15H2,1-2H3. The highest BCUT2D eigenvalue weighted by molar-refractivity contribution is 5.71. The number of nitrogens with zero attached hydrogens (tertiary/aromatic N) is 1. The van der Waals surface area contributed by atoms with E-state index < -0.39 is 0 Å². The van der Waals surface area contributed by atoms with Crippen LogP contribution in [0.3, 0.4) is 0 Å². The van der Waals surface area contributed by atoms with Crippen LogP contribution in [0.4, 0.5) is 0 Å². The number of hydrogen-bond donors (Lipinski definition) is 1. The topological polar surface area (TPSA) is 70.5 Å². The van der Waals surface area contributed by atoms with Crippen LogP contribution in [0.2, 0.25) is 0 Å². The van der Waals surface area contributed by atoms with Gasteiger partial charge < -0.3 is 19.7 Å². The first-order chi connectivity index (χ1) is 9.21. The van der Waals surface area contributed by atoms with E-state index in [1.165, 1.54) is 0 Å². The lowest BCUT2D eigenvalue weighted by Crippen LogP contribution is -2.05. The maximum Gasteiger partial charge on any atom is 0.150 e. The highest BCUT2D eigenvalue weighted by Gasteiger charge is 2.23. The molecule has 2 aromatic rings. The fraction of sp³-hybridized carbons (Fsp3) is 0.357. The molecule has 0 bridgehead atoms. The van der Waals surface area contributed by atoms with E-state index in [4.69, 9.17) is 19.7 Å². The van der Waals surface area contributed by atoms with Crippen LogP contribution in [0.25, 0.3) is 11.3 Å². The predicted molar refractivity (Wildman–Crippen MR) is 70.2 cm³/mol. The highest BCUT2D eigenvalue weighted by atomic mass is 16.5. The number of hydrogen-bond acceptors (Lipinski definition) is 5. The summed E-state index contributed by atoms with van der Waals surface area (Å²) in [5.41, 5.74) is 8.26. The molecule has 0 saturated carbocycles. The number of rotatable bonds is 3. The van der Waals surface area contributed by atoms with Crippen LogP contribution < -0.4 is 15.2 Å². The van der Waals surface area contributed by atoms with E-state index in [0.29, 0.717) is 18.0 Å². The number of methoxy groups -OCH3 is 1. The zero-order chi connectivity index (χ0) is 13.4. The zero-order valence-electron chi connectivity index (χ0n) is 11.0. The lowest BCUT2D eigenvalue weighted by atomic mass is 10.0. The third-order valence-corrected chi connectivity index (χ3v) is 3.25. The van der Waals surface area contributed by atoms with Crippen molar-refractivity contribution in [2.75, 3.05) is 7.11 Å². The fourth-order valence-corrected chi connectivity index (χ4v) is 2.34. The third-order valence-electron chi connectivity index (χ3n) is 3.25. The molecule has 1 aromatic heterocycles. The van der Waals surface area contributed by atoms with E-state index in [2.05, 4.69) is 12.1 Å². The number of aromatic nitrogens is 1. The number of benzene rings is 1. The van der Waals surface area contributed by atoms with Gasteiger partial charge in [0.2, 0.25) is 0 Å². The van der Waals surface area contributed by atoms with E-state index >= 15 is 0 Å². The maximum absolute atomic E-state index is 5.76. The van der Waals surface area contributed by atoms with Gasteiger partial charge in [-0.1, -0.05) is 5.16 Å². The Morgan fingerprint density at radius 2 is 2.26 bits per heavy atom. The molecule has 1 aromatic carbocycles. The molecule has 3 rings (SSSR count). The van der Waals surface area contributed by atoms with Crippen LogP contribution in [0, 0.1) is 0 Å². The highest BCUT2D eigenvalue weighted by Crippen LogP contribution is 2.39. The molecule has 1 aliphatic heterocycles. The predicted octanol–water partition coefficient (Wildman–Crippen LogP) is 2.13. The molecular formula is C14H16N2O3. The summed E-state index contributed by atoms with van der Waals surface area (Å²) in [7, 11) is 1.65. The minimum Gasteiger partial charge on any atom is -0.496 e. The molecule has 1 aliphatic rings. The Bertz CT molecular complexity index is 607. The van der Waals surface area contributed by atoms with Gasteiger partial charge in [0.1, 0.15) is 23.3 Å². The Hall–Kier alpha value is -2.01. The van der Waals surface area contributed by atoms with Gasteiger partial charge in [-0.15, -0.1) is 0 Å². The van der Waals surface area contributed by atoms with Crippen LogP contribution in [0.1, 0.15) is 18.2 Å². The first-order valence-electron chi connectivity index (χ1n) is 6.25. The molecule has 5 heteroatoms. The van der Waals surface area contributed by atoms with Crippen LogP contribution in [-0.2, 0) is 13.0 Å². The number of nitrogens with two attached hydrogens (primary N) is 1. The second-order valence-corrected chi connectivity index (χ2v) is 4.68. The van der Waals surface area contributed by atoms with Gasteiger partial charge in [0.15, 0.2) is 5.76 Å². The van der Waals surface area contributed by atoms with Gasteiger partial charge in [0, 0.05) is 23.6 Å². The van der Waals surface area contributed by atoms with Crippen molar-refractivity contribution in [3.05, 3.63) is 29.5 Å². The Kier molecular flexibility index (Phi) is 2.91. The van der Waals surface area contributed by atoms with E-state index in [-0.39, 0.29) is 6.10 Å². The van der Waals surface area contributed by atoms with E-state index in [0.717, 1.165) is 29.0 Å².